The minimum atomic E-state index is 0. The largest absolute Gasteiger partial charge is 0.355 e. The Morgan fingerprint density at radius 1 is 1.26 bits per heavy atom. The summed E-state index contributed by atoms with van der Waals surface area (Å²) in [6, 6.07) is 5.34. The van der Waals surface area contributed by atoms with Gasteiger partial charge in [-0.05, 0) is 45.4 Å². The van der Waals surface area contributed by atoms with Gasteiger partial charge in [0.05, 0.1) is 0 Å². The Balaban J connectivity index is 0.00000264. The third-order valence-electron chi connectivity index (χ3n) is 4.54. The number of likely N-dealkylation sites (tertiary alicyclic amines) is 1. The minimum Gasteiger partial charge on any atom is -0.355 e. The van der Waals surface area contributed by atoms with Crippen molar-refractivity contribution in [1.29, 1.82) is 0 Å². The monoisotopic (exact) mass is 433 g/mol. The molecule has 6 heteroatoms. The highest BCUT2D eigenvalue weighted by Crippen LogP contribution is 2.18. The summed E-state index contributed by atoms with van der Waals surface area (Å²) in [5.74, 6) is 0.892. The van der Waals surface area contributed by atoms with Gasteiger partial charge in [-0.1, -0.05) is 6.42 Å². The van der Waals surface area contributed by atoms with Gasteiger partial charge in [-0.2, -0.15) is 0 Å². The van der Waals surface area contributed by atoms with E-state index >= 15 is 0 Å². The molecule has 0 spiro atoms. The van der Waals surface area contributed by atoms with Crippen LogP contribution in [-0.4, -0.2) is 54.2 Å². The Morgan fingerprint density at radius 3 is 2.65 bits per heavy atom. The van der Waals surface area contributed by atoms with Crippen molar-refractivity contribution < 1.29 is 0 Å². The van der Waals surface area contributed by atoms with Crippen LogP contribution in [0.15, 0.2) is 29.5 Å². The lowest BCUT2D eigenvalue weighted by Crippen LogP contribution is -2.50. The summed E-state index contributed by atoms with van der Waals surface area (Å²) in [5.41, 5.74) is 0. The van der Waals surface area contributed by atoms with Crippen LogP contribution in [0, 0.1) is 0 Å². The predicted molar refractivity (Wildman–Crippen MR) is 109 cm³/mol. The summed E-state index contributed by atoms with van der Waals surface area (Å²) in [4.78, 5) is 6.92. The molecular weight excluding hydrogens is 401 g/mol. The van der Waals surface area contributed by atoms with Crippen LogP contribution in [0.5, 0.6) is 0 Å². The number of piperidine rings is 1. The van der Waals surface area contributed by atoms with E-state index in [1.54, 1.807) is 0 Å². The molecule has 1 aliphatic heterocycles. The Hall–Kier alpha value is -0.760. The molecule has 1 aliphatic rings. The van der Waals surface area contributed by atoms with Crippen LogP contribution in [0.3, 0.4) is 0 Å². The normalized spacial score (nSPS) is 20.7. The second-order valence-electron chi connectivity index (χ2n) is 6.23. The summed E-state index contributed by atoms with van der Waals surface area (Å²) in [7, 11) is 1.83. The maximum Gasteiger partial charge on any atom is 0.191 e. The third kappa shape index (κ3) is 6.71. The molecular formula is C17H32IN5. The zero-order valence-electron chi connectivity index (χ0n) is 14.7. The number of hydrogen-bond acceptors (Lipinski definition) is 2. The second kappa shape index (κ2) is 10.9. The number of halogens is 1. The molecule has 1 saturated heterocycles. The number of rotatable bonds is 6. The van der Waals surface area contributed by atoms with Crippen molar-refractivity contribution in [1.82, 2.24) is 20.1 Å². The molecule has 2 heterocycles. The van der Waals surface area contributed by atoms with E-state index in [4.69, 9.17) is 0 Å². The molecule has 0 aromatic carbocycles. The summed E-state index contributed by atoms with van der Waals surface area (Å²) in [6.45, 7) is 8.65. The van der Waals surface area contributed by atoms with E-state index in [2.05, 4.69) is 63.5 Å². The molecule has 2 atom stereocenters. The van der Waals surface area contributed by atoms with Crippen molar-refractivity contribution in [3.63, 3.8) is 0 Å². The fourth-order valence-electron chi connectivity index (χ4n) is 3.18. The van der Waals surface area contributed by atoms with Crippen LogP contribution in [-0.2, 0) is 6.54 Å². The Labute approximate surface area is 157 Å². The summed E-state index contributed by atoms with van der Waals surface area (Å²) in [6.07, 6.45) is 8.20. The Kier molecular flexibility index (Phi) is 9.62. The zero-order chi connectivity index (χ0) is 15.8. The van der Waals surface area contributed by atoms with Crippen molar-refractivity contribution in [2.45, 2.75) is 51.7 Å². The van der Waals surface area contributed by atoms with E-state index in [0.717, 1.165) is 25.6 Å². The minimum absolute atomic E-state index is 0. The first-order valence-electron chi connectivity index (χ1n) is 8.51. The van der Waals surface area contributed by atoms with Gasteiger partial charge in [0, 0.05) is 51.2 Å². The molecule has 23 heavy (non-hydrogen) atoms. The maximum absolute atomic E-state index is 4.31. The van der Waals surface area contributed by atoms with Crippen LogP contribution in [0.1, 0.15) is 33.1 Å². The average molecular weight is 433 g/mol. The first kappa shape index (κ1) is 20.3. The van der Waals surface area contributed by atoms with E-state index in [1.807, 2.05) is 7.05 Å². The molecule has 0 aliphatic carbocycles. The molecule has 2 unspecified atom stereocenters. The standard InChI is InChI=1S/C17H31N5.HI/c1-15-8-4-5-12-22(15)16(2)14-20-17(18-3)19-9-13-21-10-6-7-11-21;/h6-7,10-11,15-16H,4-5,8-9,12-14H2,1-3H3,(H2,18,19,20);1H. The highest BCUT2D eigenvalue weighted by molar-refractivity contribution is 14.0. The van der Waals surface area contributed by atoms with E-state index in [-0.39, 0.29) is 24.0 Å². The molecule has 1 aromatic rings. The molecule has 2 N–H and O–H groups in total. The van der Waals surface area contributed by atoms with Gasteiger partial charge < -0.3 is 15.2 Å². The number of aromatic nitrogens is 1. The van der Waals surface area contributed by atoms with Crippen LogP contribution in [0.25, 0.3) is 0 Å². The number of nitrogens with zero attached hydrogens (tertiary/aromatic N) is 3. The highest BCUT2D eigenvalue weighted by atomic mass is 127. The molecule has 2 rings (SSSR count). The Bertz CT molecular complexity index is 446. The molecule has 0 saturated carbocycles. The summed E-state index contributed by atoms with van der Waals surface area (Å²) < 4.78 is 2.16. The van der Waals surface area contributed by atoms with E-state index < -0.39 is 0 Å². The van der Waals surface area contributed by atoms with E-state index in [9.17, 15) is 0 Å². The van der Waals surface area contributed by atoms with Gasteiger partial charge in [0.15, 0.2) is 5.96 Å². The van der Waals surface area contributed by atoms with Crippen molar-refractivity contribution >= 4 is 29.9 Å². The second-order valence-corrected chi connectivity index (χ2v) is 6.23. The highest BCUT2D eigenvalue weighted by Gasteiger charge is 2.22. The van der Waals surface area contributed by atoms with Crippen LogP contribution in [0.2, 0.25) is 0 Å². The number of guanidine groups is 1. The molecule has 1 fully saturated rings. The fraction of sp³-hybridized carbons (Fsp3) is 0.706. The van der Waals surface area contributed by atoms with Gasteiger partial charge >= 0.3 is 0 Å². The van der Waals surface area contributed by atoms with Crippen LogP contribution < -0.4 is 10.6 Å². The van der Waals surface area contributed by atoms with Gasteiger partial charge in [0.2, 0.25) is 0 Å². The van der Waals surface area contributed by atoms with E-state index in [0.29, 0.717) is 12.1 Å². The summed E-state index contributed by atoms with van der Waals surface area (Å²) >= 11 is 0. The first-order valence-corrected chi connectivity index (χ1v) is 8.51. The molecule has 0 amide bonds. The molecule has 5 nitrogen and oxygen atoms in total. The SMILES string of the molecule is CN=C(NCCn1cccc1)NCC(C)N1CCCCC1C.I. The third-order valence-corrected chi connectivity index (χ3v) is 4.54. The summed E-state index contributed by atoms with van der Waals surface area (Å²) in [5, 5.41) is 6.83. The van der Waals surface area contributed by atoms with Crippen molar-refractivity contribution in [2.24, 2.45) is 4.99 Å². The first-order chi connectivity index (χ1) is 10.7. The van der Waals surface area contributed by atoms with Gasteiger partial charge in [-0.3, -0.25) is 9.89 Å². The lowest BCUT2D eigenvalue weighted by atomic mass is 10.0. The number of hydrogen-bond donors (Lipinski definition) is 2. The lowest BCUT2D eigenvalue weighted by Gasteiger charge is -2.38. The van der Waals surface area contributed by atoms with Crippen molar-refractivity contribution in [2.75, 3.05) is 26.7 Å². The Morgan fingerprint density at radius 2 is 2.00 bits per heavy atom. The number of aliphatic imine (C=N–C) groups is 1. The topological polar surface area (TPSA) is 44.6 Å². The molecule has 0 radical (unpaired) electrons. The van der Waals surface area contributed by atoms with Crippen LogP contribution >= 0.6 is 24.0 Å². The molecule has 1 aromatic heterocycles. The van der Waals surface area contributed by atoms with Gasteiger partial charge in [0.1, 0.15) is 0 Å². The van der Waals surface area contributed by atoms with Gasteiger partial charge in [-0.15, -0.1) is 24.0 Å². The van der Waals surface area contributed by atoms with Crippen molar-refractivity contribution in [3.05, 3.63) is 24.5 Å². The molecule has 132 valence electrons. The predicted octanol–water partition coefficient (Wildman–Crippen LogP) is 2.53. The van der Waals surface area contributed by atoms with Gasteiger partial charge in [0.25, 0.3) is 0 Å². The van der Waals surface area contributed by atoms with E-state index in [1.165, 1.54) is 25.8 Å². The zero-order valence-corrected chi connectivity index (χ0v) is 17.0. The van der Waals surface area contributed by atoms with Crippen LogP contribution in [0.4, 0.5) is 0 Å². The van der Waals surface area contributed by atoms with Crippen molar-refractivity contribution in [3.8, 4) is 0 Å². The number of nitrogens with one attached hydrogen (secondary N) is 2. The smallest absolute Gasteiger partial charge is 0.191 e. The molecule has 0 bridgehead atoms. The van der Waals surface area contributed by atoms with Gasteiger partial charge in [-0.25, -0.2) is 0 Å². The fourth-order valence-corrected chi connectivity index (χ4v) is 3.18. The quantitative estimate of drug-likeness (QED) is 0.412. The lowest BCUT2D eigenvalue weighted by molar-refractivity contribution is 0.115. The maximum atomic E-state index is 4.31. The average Bonchev–Trinajstić information content (AvgIpc) is 3.04.